The number of hydrogen-bond acceptors (Lipinski definition) is 6. The maximum atomic E-state index is 13.1. The molecule has 3 aliphatic rings. The van der Waals surface area contributed by atoms with Gasteiger partial charge < -0.3 is 10.1 Å². The molecule has 2 aliphatic heterocycles. The predicted octanol–water partition coefficient (Wildman–Crippen LogP) is 4.10. The molecule has 168 valence electrons. The zero-order valence-electron chi connectivity index (χ0n) is 17.1. The number of fused-ring (bicyclic) bond motifs is 3. The van der Waals surface area contributed by atoms with Crippen LogP contribution in [0.3, 0.4) is 0 Å². The third-order valence-corrected chi connectivity index (χ3v) is 8.71. The van der Waals surface area contributed by atoms with Crippen molar-refractivity contribution in [3.8, 4) is 0 Å². The maximum Gasteiger partial charge on any atom is 0.269 e. The highest BCUT2D eigenvalue weighted by molar-refractivity contribution is 7.89. The number of non-ortho nitro benzene ring substituents is 1. The lowest BCUT2D eigenvalue weighted by Gasteiger charge is -2.38. The van der Waals surface area contributed by atoms with Crippen molar-refractivity contribution in [1.82, 2.24) is 4.31 Å². The molecule has 2 aromatic rings. The van der Waals surface area contributed by atoms with E-state index in [1.807, 2.05) is 0 Å². The molecule has 1 N–H and O–H groups in total. The van der Waals surface area contributed by atoms with E-state index in [2.05, 4.69) is 17.5 Å². The van der Waals surface area contributed by atoms with Crippen LogP contribution in [-0.2, 0) is 14.8 Å². The summed E-state index contributed by atoms with van der Waals surface area (Å²) >= 11 is 6.44. The first kappa shape index (κ1) is 21.4. The number of allylic oxidation sites excluding steroid dienone is 2. The second-order valence-electron chi connectivity index (χ2n) is 8.20. The van der Waals surface area contributed by atoms with Gasteiger partial charge in [-0.05, 0) is 42.2 Å². The van der Waals surface area contributed by atoms with Gasteiger partial charge in [-0.1, -0.05) is 23.8 Å². The quantitative estimate of drug-likeness (QED) is 0.406. The highest BCUT2D eigenvalue weighted by Gasteiger charge is 2.40. The maximum absolute atomic E-state index is 13.1. The van der Waals surface area contributed by atoms with Gasteiger partial charge in [-0.2, -0.15) is 4.31 Å². The van der Waals surface area contributed by atoms with Gasteiger partial charge >= 0.3 is 0 Å². The van der Waals surface area contributed by atoms with Crippen LogP contribution >= 0.6 is 11.6 Å². The molecule has 0 aromatic heterocycles. The Bertz CT molecular complexity index is 1210. The molecule has 1 aliphatic carbocycles. The van der Waals surface area contributed by atoms with Crippen LogP contribution in [0, 0.1) is 16.0 Å². The lowest BCUT2D eigenvalue weighted by molar-refractivity contribution is -0.384. The molecule has 0 amide bonds. The molecule has 3 unspecified atom stereocenters. The lowest BCUT2D eigenvalue weighted by atomic mass is 9.77. The van der Waals surface area contributed by atoms with E-state index < -0.39 is 14.9 Å². The molecule has 0 radical (unpaired) electrons. The summed E-state index contributed by atoms with van der Waals surface area (Å²) in [5.41, 5.74) is 2.39. The van der Waals surface area contributed by atoms with E-state index in [-0.39, 0.29) is 28.5 Å². The van der Waals surface area contributed by atoms with E-state index in [0.717, 1.165) is 17.7 Å². The van der Waals surface area contributed by atoms with Crippen molar-refractivity contribution in [1.29, 1.82) is 0 Å². The van der Waals surface area contributed by atoms with Crippen LogP contribution in [-0.4, -0.2) is 43.9 Å². The summed E-state index contributed by atoms with van der Waals surface area (Å²) in [6, 6.07) is 9.41. The van der Waals surface area contributed by atoms with Gasteiger partial charge in [0, 0.05) is 47.4 Å². The normalized spacial score (nSPS) is 25.1. The third-order valence-electron chi connectivity index (χ3n) is 6.47. The minimum atomic E-state index is -3.61. The molecular formula is C22H22ClN3O5S. The Hall–Kier alpha value is -2.46. The number of nitro groups is 1. The third kappa shape index (κ3) is 3.59. The fourth-order valence-corrected chi connectivity index (χ4v) is 6.54. The van der Waals surface area contributed by atoms with E-state index in [0.29, 0.717) is 36.9 Å². The van der Waals surface area contributed by atoms with E-state index in [1.54, 1.807) is 24.3 Å². The molecule has 5 rings (SSSR count). The molecule has 0 bridgehead atoms. The number of halogens is 1. The molecular weight excluding hydrogens is 454 g/mol. The zero-order chi connectivity index (χ0) is 22.5. The van der Waals surface area contributed by atoms with Crippen LogP contribution in [0.25, 0.3) is 0 Å². The van der Waals surface area contributed by atoms with Gasteiger partial charge in [0.2, 0.25) is 10.0 Å². The predicted molar refractivity (Wildman–Crippen MR) is 120 cm³/mol. The van der Waals surface area contributed by atoms with Gasteiger partial charge in [-0.15, -0.1) is 0 Å². The Morgan fingerprint density at radius 3 is 2.66 bits per heavy atom. The summed E-state index contributed by atoms with van der Waals surface area (Å²) in [6.07, 6.45) is 4.93. The van der Waals surface area contributed by atoms with Crippen LogP contribution < -0.4 is 5.32 Å². The Morgan fingerprint density at radius 2 is 1.91 bits per heavy atom. The first-order chi connectivity index (χ1) is 15.4. The van der Waals surface area contributed by atoms with Gasteiger partial charge in [-0.3, -0.25) is 10.1 Å². The van der Waals surface area contributed by atoms with Gasteiger partial charge in [0.05, 0.1) is 29.1 Å². The summed E-state index contributed by atoms with van der Waals surface area (Å²) < 4.78 is 33.0. The summed E-state index contributed by atoms with van der Waals surface area (Å²) in [4.78, 5) is 11.1. The summed E-state index contributed by atoms with van der Waals surface area (Å²) in [5.74, 6) is 0.0646. The lowest BCUT2D eigenvalue weighted by Crippen LogP contribution is -2.40. The number of nitrogens with one attached hydrogen (secondary N) is 1. The number of morpholine rings is 1. The topological polar surface area (TPSA) is 102 Å². The van der Waals surface area contributed by atoms with Crippen LogP contribution in [0.2, 0.25) is 5.02 Å². The Kier molecular flexibility index (Phi) is 5.45. The number of ether oxygens (including phenoxy) is 1. The van der Waals surface area contributed by atoms with Gasteiger partial charge in [0.25, 0.3) is 5.69 Å². The van der Waals surface area contributed by atoms with E-state index in [9.17, 15) is 18.5 Å². The van der Waals surface area contributed by atoms with E-state index in [1.165, 1.54) is 16.4 Å². The molecule has 32 heavy (non-hydrogen) atoms. The highest BCUT2D eigenvalue weighted by atomic mass is 35.5. The van der Waals surface area contributed by atoms with Crippen LogP contribution in [0.4, 0.5) is 11.4 Å². The SMILES string of the molecule is O=[N+]([O-])c1ccc(Cl)c(C2Nc3ccc(S(=O)(=O)N4CCOCC4)cc3C3C=CCC32)c1. The first-order valence-corrected chi connectivity index (χ1v) is 12.3. The number of sulfonamides is 1. The molecule has 8 nitrogen and oxygen atoms in total. The van der Waals surface area contributed by atoms with Crippen molar-refractivity contribution in [2.45, 2.75) is 23.3 Å². The molecule has 10 heteroatoms. The van der Waals surface area contributed by atoms with Gasteiger partial charge in [0.15, 0.2) is 0 Å². The average Bonchev–Trinajstić information content (AvgIpc) is 3.29. The molecule has 3 atom stereocenters. The molecule has 1 saturated heterocycles. The summed E-state index contributed by atoms with van der Waals surface area (Å²) in [6.45, 7) is 1.48. The molecule has 1 fully saturated rings. The number of nitro benzene ring substituents is 1. The smallest absolute Gasteiger partial charge is 0.269 e. The Balaban J connectivity index is 1.53. The second kappa shape index (κ2) is 8.15. The number of benzene rings is 2. The highest BCUT2D eigenvalue weighted by Crippen LogP contribution is 2.51. The van der Waals surface area contributed by atoms with Crippen LogP contribution in [0.15, 0.2) is 53.4 Å². The van der Waals surface area contributed by atoms with Gasteiger partial charge in [0.1, 0.15) is 0 Å². The Labute approximate surface area is 191 Å². The fraction of sp³-hybridized carbons (Fsp3) is 0.364. The zero-order valence-corrected chi connectivity index (χ0v) is 18.7. The van der Waals surface area contributed by atoms with Crippen molar-refractivity contribution in [2.24, 2.45) is 5.92 Å². The molecule has 2 heterocycles. The van der Waals surface area contributed by atoms with Crippen molar-refractivity contribution in [2.75, 3.05) is 31.6 Å². The first-order valence-electron chi connectivity index (χ1n) is 10.4. The molecule has 0 saturated carbocycles. The fourth-order valence-electron chi connectivity index (χ4n) is 4.86. The van der Waals surface area contributed by atoms with Gasteiger partial charge in [-0.25, -0.2) is 8.42 Å². The second-order valence-corrected chi connectivity index (χ2v) is 10.5. The molecule has 2 aromatic carbocycles. The average molecular weight is 476 g/mol. The largest absolute Gasteiger partial charge is 0.379 e. The number of anilines is 1. The number of hydrogen-bond donors (Lipinski definition) is 1. The minimum absolute atomic E-state index is 0.00791. The number of nitrogens with zero attached hydrogens (tertiary/aromatic N) is 2. The monoisotopic (exact) mass is 475 g/mol. The number of rotatable bonds is 4. The standard InChI is InChI=1S/C22H22ClN3O5S/c23-20-6-4-14(26(27)28)12-19(20)22-17-3-1-2-16(17)18-13-15(5-7-21(18)24-22)32(29,30)25-8-10-31-11-9-25/h1-2,4-7,12-13,16-17,22,24H,3,8-11H2. The summed E-state index contributed by atoms with van der Waals surface area (Å²) in [7, 11) is -3.61. The minimum Gasteiger partial charge on any atom is -0.379 e. The van der Waals surface area contributed by atoms with Crippen molar-refractivity contribution in [3.63, 3.8) is 0 Å². The van der Waals surface area contributed by atoms with Crippen molar-refractivity contribution < 1.29 is 18.1 Å². The van der Waals surface area contributed by atoms with Crippen molar-refractivity contribution >= 4 is 33.0 Å². The van der Waals surface area contributed by atoms with Crippen LogP contribution in [0.1, 0.15) is 29.5 Å². The summed E-state index contributed by atoms with van der Waals surface area (Å²) in [5, 5.41) is 15.2. The van der Waals surface area contributed by atoms with Crippen molar-refractivity contribution in [3.05, 3.63) is 74.8 Å². The molecule has 0 spiro atoms. The van der Waals surface area contributed by atoms with E-state index >= 15 is 0 Å². The van der Waals surface area contributed by atoms with E-state index in [4.69, 9.17) is 16.3 Å². The van der Waals surface area contributed by atoms with Crippen LogP contribution in [0.5, 0.6) is 0 Å². The Morgan fingerprint density at radius 1 is 1.12 bits per heavy atom.